The maximum atomic E-state index is 13.1. The second-order valence-corrected chi connectivity index (χ2v) is 8.51. The van der Waals surface area contributed by atoms with Crippen molar-refractivity contribution in [1.82, 2.24) is 19.8 Å². The van der Waals surface area contributed by atoms with Crippen LogP contribution >= 0.6 is 15.9 Å². The van der Waals surface area contributed by atoms with E-state index in [2.05, 4.69) is 36.3 Å². The molecule has 0 bridgehead atoms. The van der Waals surface area contributed by atoms with Gasteiger partial charge in [-0.25, -0.2) is 0 Å². The fraction of sp³-hybridized carbons (Fsp3) is 0.125. The minimum atomic E-state index is -0.194. The van der Waals surface area contributed by atoms with E-state index in [4.69, 9.17) is 9.47 Å². The summed E-state index contributed by atoms with van der Waals surface area (Å²) in [7, 11) is 1.56. The monoisotopic (exact) mass is 518 g/mol. The van der Waals surface area contributed by atoms with Gasteiger partial charge in [0, 0.05) is 10.5 Å². The van der Waals surface area contributed by atoms with E-state index in [0.29, 0.717) is 39.9 Å². The Morgan fingerprint density at radius 2 is 1.79 bits per heavy atom. The Labute approximate surface area is 203 Å². The van der Waals surface area contributed by atoms with Crippen LogP contribution in [-0.2, 0) is 4.79 Å². The number of ether oxygens (including phenoxy) is 2. The molecule has 1 aliphatic heterocycles. The first-order valence-corrected chi connectivity index (χ1v) is 11.1. The van der Waals surface area contributed by atoms with Crippen LogP contribution in [0.25, 0.3) is 11.7 Å². The average Bonchev–Trinajstić information content (AvgIpc) is 3.40. The summed E-state index contributed by atoms with van der Waals surface area (Å²) in [6.45, 7) is 3.67. The number of hydrazone groups is 1. The van der Waals surface area contributed by atoms with E-state index in [0.717, 1.165) is 15.7 Å². The number of amides is 1. The van der Waals surface area contributed by atoms with Gasteiger partial charge in [0.05, 0.1) is 29.8 Å². The second-order valence-electron chi connectivity index (χ2n) is 7.60. The highest BCUT2D eigenvalue weighted by Gasteiger charge is 2.28. The third kappa shape index (κ3) is 4.03. The van der Waals surface area contributed by atoms with Gasteiger partial charge in [0.2, 0.25) is 5.65 Å². The summed E-state index contributed by atoms with van der Waals surface area (Å²) in [6, 6.07) is 14.6. The fourth-order valence-electron chi connectivity index (χ4n) is 3.58. The molecule has 0 aliphatic carbocycles. The van der Waals surface area contributed by atoms with Crippen LogP contribution in [-0.4, -0.2) is 38.5 Å². The molecule has 2 aromatic carbocycles. The van der Waals surface area contributed by atoms with Gasteiger partial charge in [0.15, 0.2) is 17.2 Å². The fourth-order valence-corrected chi connectivity index (χ4v) is 3.84. The Hall–Kier alpha value is -4.05. The molecule has 0 saturated heterocycles. The van der Waals surface area contributed by atoms with Crippen molar-refractivity contribution in [2.45, 2.75) is 13.8 Å². The topological polar surface area (TPSA) is 94.2 Å². The summed E-state index contributed by atoms with van der Waals surface area (Å²) < 4.78 is 14.1. The van der Waals surface area contributed by atoms with Crippen LogP contribution in [0.5, 0.6) is 17.2 Å². The zero-order valence-electron chi connectivity index (χ0n) is 18.6. The van der Waals surface area contributed by atoms with Crippen molar-refractivity contribution in [2.24, 2.45) is 5.10 Å². The zero-order chi connectivity index (χ0) is 23.8. The van der Waals surface area contributed by atoms with E-state index < -0.39 is 0 Å². The molecular weight excluding hydrogens is 500 g/mol. The van der Waals surface area contributed by atoms with Crippen LogP contribution in [0.2, 0.25) is 0 Å². The van der Waals surface area contributed by atoms with Crippen LogP contribution in [0.3, 0.4) is 0 Å². The number of aryl methyl sites for hydroxylation is 1. The number of halogens is 1. The highest BCUT2D eigenvalue weighted by molar-refractivity contribution is 9.10. The van der Waals surface area contributed by atoms with Gasteiger partial charge < -0.3 is 9.47 Å². The number of nitrogens with zero attached hydrogens (tertiary/aromatic N) is 6. The van der Waals surface area contributed by atoms with E-state index in [-0.39, 0.29) is 5.91 Å². The maximum Gasteiger partial charge on any atom is 0.280 e. The quantitative estimate of drug-likeness (QED) is 0.352. The Morgan fingerprint density at radius 3 is 2.56 bits per heavy atom. The molecule has 0 spiro atoms. The van der Waals surface area contributed by atoms with Crippen molar-refractivity contribution < 1.29 is 14.3 Å². The molecule has 0 N–H and O–H groups in total. The lowest BCUT2D eigenvalue weighted by Gasteiger charge is -2.12. The number of carbonyl (C=O) groups is 1. The first-order valence-electron chi connectivity index (χ1n) is 10.3. The van der Waals surface area contributed by atoms with E-state index in [1.807, 2.05) is 44.2 Å². The first kappa shape index (κ1) is 21.8. The molecule has 0 fully saturated rings. The SMILES string of the molecule is COc1cc(/C=C2/C(=O)N(c3ccc(Br)cc3)N=C2C)ccc1Oc1cc(C)nn2cnnc12. The predicted octanol–water partition coefficient (Wildman–Crippen LogP) is 4.80. The van der Waals surface area contributed by atoms with Crippen LogP contribution < -0.4 is 14.5 Å². The highest BCUT2D eigenvalue weighted by Crippen LogP contribution is 2.35. The number of hydrogen-bond acceptors (Lipinski definition) is 7. The summed E-state index contributed by atoms with van der Waals surface area (Å²) in [4.78, 5) is 13.1. The Balaban J connectivity index is 1.44. The molecule has 1 amide bonds. The number of rotatable bonds is 5. The van der Waals surface area contributed by atoms with Crippen LogP contribution in [0.15, 0.2) is 70.0 Å². The number of fused-ring (bicyclic) bond motifs is 1. The van der Waals surface area contributed by atoms with Crippen LogP contribution in [0.1, 0.15) is 18.2 Å². The van der Waals surface area contributed by atoms with Crippen molar-refractivity contribution in [3.05, 3.63) is 76.2 Å². The summed E-state index contributed by atoms with van der Waals surface area (Å²) in [6.07, 6.45) is 3.31. The van der Waals surface area contributed by atoms with Crippen LogP contribution in [0.4, 0.5) is 5.69 Å². The summed E-state index contributed by atoms with van der Waals surface area (Å²) in [5.74, 6) is 1.32. The molecule has 170 valence electrons. The van der Waals surface area contributed by atoms with Gasteiger partial charge >= 0.3 is 0 Å². The third-order valence-corrected chi connectivity index (χ3v) is 5.74. The normalized spacial score (nSPS) is 14.7. The van der Waals surface area contributed by atoms with Crippen molar-refractivity contribution in [3.8, 4) is 17.2 Å². The molecule has 0 saturated carbocycles. The molecule has 10 heteroatoms. The minimum Gasteiger partial charge on any atom is -0.493 e. The first-order chi connectivity index (χ1) is 16.4. The standard InChI is InChI=1S/C24H19BrN6O3/c1-14-10-22(23-27-26-13-30(23)28-14)34-20-9-4-16(12-21(20)33-3)11-19-15(2)29-31(24(19)32)18-7-5-17(25)6-8-18/h4-13H,1-3H3/b19-11+. The third-order valence-electron chi connectivity index (χ3n) is 5.21. The van der Waals surface area contributed by atoms with E-state index in [1.165, 1.54) is 11.3 Å². The van der Waals surface area contributed by atoms with Gasteiger partial charge in [-0.05, 0) is 61.9 Å². The molecule has 0 unspecified atom stereocenters. The number of hydrogen-bond donors (Lipinski definition) is 0. The lowest BCUT2D eigenvalue weighted by molar-refractivity contribution is -0.114. The maximum absolute atomic E-state index is 13.1. The number of carbonyl (C=O) groups excluding carboxylic acids is 1. The number of benzene rings is 2. The van der Waals surface area contributed by atoms with Gasteiger partial charge in [-0.1, -0.05) is 22.0 Å². The lowest BCUT2D eigenvalue weighted by Crippen LogP contribution is -2.21. The van der Waals surface area contributed by atoms with Crippen molar-refractivity contribution in [1.29, 1.82) is 0 Å². The van der Waals surface area contributed by atoms with Crippen LogP contribution in [0, 0.1) is 6.92 Å². The molecule has 3 heterocycles. The molecule has 34 heavy (non-hydrogen) atoms. The summed E-state index contributed by atoms with van der Waals surface area (Å²) >= 11 is 3.41. The van der Waals surface area contributed by atoms with Crippen molar-refractivity contribution >= 4 is 45.0 Å². The molecule has 9 nitrogen and oxygen atoms in total. The van der Waals surface area contributed by atoms with Gasteiger partial charge in [-0.2, -0.15) is 19.7 Å². The van der Waals surface area contributed by atoms with Gasteiger partial charge in [-0.15, -0.1) is 10.2 Å². The molecule has 1 aliphatic rings. The van der Waals surface area contributed by atoms with Gasteiger partial charge in [0.25, 0.3) is 5.91 Å². The molecular formula is C24H19BrN6O3. The smallest absolute Gasteiger partial charge is 0.280 e. The molecule has 0 radical (unpaired) electrons. The predicted molar refractivity (Wildman–Crippen MR) is 131 cm³/mol. The Kier molecular flexibility index (Phi) is 5.58. The molecule has 4 aromatic rings. The second kappa shape index (κ2) is 8.71. The Bertz CT molecular complexity index is 1480. The summed E-state index contributed by atoms with van der Waals surface area (Å²) in [5.41, 5.74) is 3.87. The van der Waals surface area contributed by atoms with Crippen molar-refractivity contribution in [3.63, 3.8) is 0 Å². The zero-order valence-corrected chi connectivity index (χ0v) is 20.1. The largest absolute Gasteiger partial charge is 0.493 e. The number of anilines is 1. The van der Waals surface area contributed by atoms with Gasteiger partial charge in [-0.3, -0.25) is 4.79 Å². The van der Waals surface area contributed by atoms with E-state index in [1.54, 1.807) is 35.9 Å². The average molecular weight is 519 g/mol. The molecule has 5 rings (SSSR count). The molecule has 2 aromatic heterocycles. The van der Waals surface area contributed by atoms with Gasteiger partial charge in [0.1, 0.15) is 6.33 Å². The van der Waals surface area contributed by atoms with Crippen molar-refractivity contribution in [2.75, 3.05) is 12.1 Å². The Morgan fingerprint density at radius 1 is 1.00 bits per heavy atom. The van der Waals surface area contributed by atoms with E-state index >= 15 is 0 Å². The number of methoxy groups -OCH3 is 1. The highest BCUT2D eigenvalue weighted by atomic mass is 79.9. The molecule has 0 atom stereocenters. The number of aromatic nitrogens is 4. The van der Waals surface area contributed by atoms with E-state index in [9.17, 15) is 4.79 Å². The minimum absolute atomic E-state index is 0.194. The summed E-state index contributed by atoms with van der Waals surface area (Å²) in [5, 5.41) is 18.1. The lowest BCUT2D eigenvalue weighted by atomic mass is 10.1.